The Balaban J connectivity index is 0.000000192. The van der Waals surface area contributed by atoms with Crippen LogP contribution in [0.1, 0.15) is 98.9 Å². The molecule has 1 aliphatic carbocycles. The van der Waals surface area contributed by atoms with E-state index in [1.54, 1.807) is 9.13 Å². The molecule has 2 aromatic heterocycles. The van der Waals surface area contributed by atoms with Crippen molar-refractivity contribution in [3.8, 4) is 22.5 Å². The van der Waals surface area contributed by atoms with Gasteiger partial charge in [-0.25, -0.2) is 24.4 Å². The average molecular weight is 930 g/mol. The number of nitrogens with one attached hydrogen (secondary N) is 2. The maximum absolute atomic E-state index is 13.9. The first-order chi connectivity index (χ1) is 33.0. The van der Waals surface area contributed by atoms with Crippen LogP contribution in [0.2, 0.25) is 0 Å². The van der Waals surface area contributed by atoms with Gasteiger partial charge in [-0.05, 0) is 163 Å². The second-order valence-electron chi connectivity index (χ2n) is 19.9. The molecule has 4 aromatic carbocycles. The van der Waals surface area contributed by atoms with Gasteiger partial charge >= 0.3 is 17.4 Å². The predicted molar refractivity (Wildman–Crippen MR) is 279 cm³/mol. The molecule has 9 rings (SSSR count). The number of nitrogens with zero attached hydrogens (tertiary/aromatic N) is 6. The standard InChI is InChI=1S/C32H41N5O2.C25H30N4O/c1-20-15-23(4)30(24(5)16-20)35-29-19-28-27-18-22(3)21(2)17-25(27)11-13-36(28)32(39)37(29)14-12-33-31(38)34-26-9-7-6-8-10-26;1-15-10-18(4)24(19(5)11-15)27-23-14-22-21-13-17(3)16(2)12-20(21)6-8-28(22)25(30)29(23)9-7-26/h15-19,26H,6-14H2,1-5H3,(H2,33,34,38);10-14H,6-9,26H2,1-5H3. The van der Waals surface area contributed by atoms with E-state index in [4.69, 9.17) is 15.7 Å². The quantitative estimate of drug-likeness (QED) is 0.140. The zero-order valence-electron chi connectivity index (χ0n) is 42.5. The minimum Gasteiger partial charge on any atom is -0.336 e. The minimum absolute atomic E-state index is 0.0389. The summed E-state index contributed by atoms with van der Waals surface area (Å²) < 4.78 is 7.18. The highest BCUT2D eigenvalue weighted by atomic mass is 16.2. The van der Waals surface area contributed by atoms with Crippen molar-refractivity contribution in [2.24, 2.45) is 15.7 Å². The van der Waals surface area contributed by atoms with Crippen molar-refractivity contribution in [2.45, 2.75) is 146 Å². The molecule has 362 valence electrons. The number of aryl methyl sites for hydroxylation is 12. The number of nitrogens with two attached hydrogens (primary N) is 1. The number of carbonyl (C=O) groups excluding carboxylic acids is 1. The molecule has 3 aliphatic rings. The molecule has 2 amide bonds. The van der Waals surface area contributed by atoms with Crippen molar-refractivity contribution in [3.05, 3.63) is 159 Å². The number of amides is 2. The lowest BCUT2D eigenvalue weighted by molar-refractivity contribution is 0.232. The van der Waals surface area contributed by atoms with Gasteiger partial charge in [0.2, 0.25) is 0 Å². The van der Waals surface area contributed by atoms with Crippen LogP contribution in [-0.4, -0.2) is 43.4 Å². The van der Waals surface area contributed by atoms with E-state index in [-0.39, 0.29) is 23.5 Å². The van der Waals surface area contributed by atoms with Gasteiger partial charge in [0.1, 0.15) is 11.0 Å². The number of rotatable bonds is 8. The smallest absolute Gasteiger partial charge is 0.330 e. The predicted octanol–water partition coefficient (Wildman–Crippen LogP) is 8.89. The van der Waals surface area contributed by atoms with Crippen molar-refractivity contribution in [2.75, 3.05) is 13.1 Å². The SMILES string of the molecule is Cc1cc(C)c(N=c2cc3n(c(=O)n2CCN)CCc2cc(C)c(C)cc2-3)c(C)c1.Cc1cc(C)c(N=c2cc3n(c(=O)n2CCNC(=O)NC2CCCCC2)CCc2cc(C)c(C)cc2-3)c(C)c1. The third-order valence-electron chi connectivity index (χ3n) is 14.4. The van der Waals surface area contributed by atoms with Crippen molar-refractivity contribution in [1.29, 1.82) is 0 Å². The van der Waals surface area contributed by atoms with E-state index in [2.05, 4.69) is 141 Å². The van der Waals surface area contributed by atoms with Crippen molar-refractivity contribution < 1.29 is 4.79 Å². The van der Waals surface area contributed by atoms with Crippen LogP contribution in [0.25, 0.3) is 22.5 Å². The fourth-order valence-corrected chi connectivity index (χ4v) is 10.7. The Morgan fingerprint density at radius 3 is 1.42 bits per heavy atom. The van der Waals surface area contributed by atoms with E-state index in [1.807, 2.05) is 9.13 Å². The van der Waals surface area contributed by atoms with Gasteiger partial charge in [-0.2, -0.15) is 0 Å². The average Bonchev–Trinajstić information content (AvgIpc) is 3.29. The monoisotopic (exact) mass is 930 g/mol. The molecule has 6 aromatic rings. The lowest BCUT2D eigenvalue weighted by Crippen LogP contribution is -2.47. The number of urea groups is 1. The van der Waals surface area contributed by atoms with Gasteiger partial charge in [-0.15, -0.1) is 0 Å². The summed E-state index contributed by atoms with van der Waals surface area (Å²) in [5.74, 6) is 0. The molecule has 12 heteroatoms. The molecular weight excluding hydrogens is 859 g/mol. The van der Waals surface area contributed by atoms with Crippen LogP contribution < -0.4 is 38.7 Å². The molecule has 0 atom stereocenters. The van der Waals surface area contributed by atoms with Crippen molar-refractivity contribution in [1.82, 2.24) is 28.9 Å². The van der Waals surface area contributed by atoms with E-state index in [9.17, 15) is 14.4 Å². The van der Waals surface area contributed by atoms with Crippen LogP contribution in [0.15, 0.2) is 80.2 Å². The summed E-state index contributed by atoms with van der Waals surface area (Å²) in [6.07, 6.45) is 7.32. The summed E-state index contributed by atoms with van der Waals surface area (Å²) in [6.45, 7) is 23.8. The van der Waals surface area contributed by atoms with E-state index in [0.29, 0.717) is 50.2 Å². The first-order valence-corrected chi connectivity index (χ1v) is 24.9. The number of hydrogen-bond donors (Lipinski definition) is 3. The van der Waals surface area contributed by atoms with Gasteiger partial charge in [0.05, 0.1) is 22.8 Å². The van der Waals surface area contributed by atoms with E-state index < -0.39 is 0 Å². The highest BCUT2D eigenvalue weighted by Gasteiger charge is 2.23. The molecule has 69 heavy (non-hydrogen) atoms. The van der Waals surface area contributed by atoms with Crippen molar-refractivity contribution in [3.63, 3.8) is 0 Å². The number of fused-ring (bicyclic) bond motifs is 6. The summed E-state index contributed by atoms with van der Waals surface area (Å²) in [4.78, 5) is 50.0. The molecule has 0 bridgehead atoms. The van der Waals surface area contributed by atoms with Crippen LogP contribution in [-0.2, 0) is 39.0 Å². The summed E-state index contributed by atoms with van der Waals surface area (Å²) in [7, 11) is 0. The minimum atomic E-state index is -0.163. The maximum Gasteiger partial charge on any atom is 0.330 e. The molecule has 1 fully saturated rings. The second-order valence-corrected chi connectivity index (χ2v) is 19.9. The molecule has 0 radical (unpaired) electrons. The highest BCUT2D eigenvalue weighted by molar-refractivity contribution is 5.74. The van der Waals surface area contributed by atoms with Crippen LogP contribution in [0.4, 0.5) is 16.2 Å². The Kier molecular flexibility index (Phi) is 14.6. The Labute approximate surface area is 406 Å². The Morgan fingerprint density at radius 1 is 0.565 bits per heavy atom. The number of carbonyl (C=O) groups is 1. The van der Waals surface area contributed by atoms with Crippen molar-refractivity contribution >= 4 is 17.4 Å². The van der Waals surface area contributed by atoms with Gasteiger partial charge in [0, 0.05) is 68.6 Å². The lowest BCUT2D eigenvalue weighted by Gasteiger charge is -2.25. The molecule has 2 aliphatic heterocycles. The Hall–Kier alpha value is -6.53. The molecule has 12 nitrogen and oxygen atoms in total. The number of hydrogen-bond acceptors (Lipinski definition) is 6. The largest absolute Gasteiger partial charge is 0.336 e. The fourth-order valence-electron chi connectivity index (χ4n) is 10.7. The molecule has 0 unspecified atom stereocenters. The van der Waals surface area contributed by atoms with Crippen LogP contribution in [0.5, 0.6) is 0 Å². The zero-order chi connectivity index (χ0) is 49.3. The number of aromatic nitrogens is 4. The van der Waals surface area contributed by atoms with E-state index >= 15 is 0 Å². The molecular formula is C57H71N9O3. The third kappa shape index (κ3) is 10.4. The molecule has 4 N–H and O–H groups in total. The normalized spacial score (nSPS) is 14.6. The van der Waals surface area contributed by atoms with Gasteiger partial charge in [0.15, 0.2) is 0 Å². The summed E-state index contributed by atoms with van der Waals surface area (Å²) in [5.41, 5.74) is 27.2. The summed E-state index contributed by atoms with van der Waals surface area (Å²) in [5, 5.41) is 6.07. The van der Waals surface area contributed by atoms with Crippen LogP contribution in [0, 0.1) is 69.2 Å². The Morgan fingerprint density at radius 2 is 0.986 bits per heavy atom. The van der Waals surface area contributed by atoms with Gasteiger partial charge < -0.3 is 16.4 Å². The van der Waals surface area contributed by atoms with E-state index in [0.717, 1.165) is 94.7 Å². The summed E-state index contributed by atoms with van der Waals surface area (Å²) >= 11 is 0. The first-order valence-electron chi connectivity index (χ1n) is 24.9. The Bertz CT molecular complexity index is 3200. The number of benzene rings is 4. The van der Waals surface area contributed by atoms with E-state index in [1.165, 1.54) is 50.9 Å². The molecule has 4 heterocycles. The molecule has 0 spiro atoms. The fraction of sp³-hybridized carbons (Fsp3) is 0.421. The van der Waals surface area contributed by atoms with Gasteiger partial charge in [-0.3, -0.25) is 18.3 Å². The third-order valence-corrected chi connectivity index (χ3v) is 14.4. The zero-order valence-corrected chi connectivity index (χ0v) is 42.5. The molecule has 0 saturated heterocycles. The van der Waals surface area contributed by atoms with Crippen LogP contribution >= 0.6 is 0 Å². The topological polar surface area (TPSA) is 146 Å². The van der Waals surface area contributed by atoms with Gasteiger partial charge in [-0.1, -0.05) is 66.8 Å². The van der Waals surface area contributed by atoms with Gasteiger partial charge in [0.25, 0.3) is 0 Å². The molecule has 1 saturated carbocycles. The highest BCUT2D eigenvalue weighted by Crippen LogP contribution is 2.32. The maximum atomic E-state index is 13.9. The summed E-state index contributed by atoms with van der Waals surface area (Å²) in [6, 6.07) is 21.6. The lowest BCUT2D eigenvalue weighted by atomic mass is 9.93. The van der Waals surface area contributed by atoms with Crippen LogP contribution in [0.3, 0.4) is 0 Å². The second kappa shape index (κ2) is 20.6. The first kappa shape index (κ1) is 48.9.